The number of H-pyrrole nitrogens is 1. The van der Waals surface area contributed by atoms with E-state index in [-0.39, 0.29) is 5.91 Å². The van der Waals surface area contributed by atoms with Crippen molar-refractivity contribution in [3.05, 3.63) is 22.5 Å². The number of nitrogens with zero attached hydrogens (tertiary/aromatic N) is 2. The second-order valence-corrected chi connectivity index (χ2v) is 6.42. The number of piperidine rings is 1. The fraction of sp³-hybridized carbons (Fsp3) is 0.533. The van der Waals surface area contributed by atoms with Crippen molar-refractivity contribution in [3.8, 4) is 0 Å². The van der Waals surface area contributed by atoms with E-state index < -0.39 is 0 Å². The van der Waals surface area contributed by atoms with Crippen molar-refractivity contribution >= 4 is 32.9 Å². The molecule has 0 radical (unpaired) electrons. The van der Waals surface area contributed by atoms with Gasteiger partial charge in [0, 0.05) is 32.3 Å². The zero-order valence-electron chi connectivity index (χ0n) is 12.2. The minimum absolute atomic E-state index is 0.00883. The van der Waals surface area contributed by atoms with Crippen LogP contribution in [0, 0.1) is 0 Å². The van der Waals surface area contributed by atoms with Gasteiger partial charge in [0.2, 0.25) is 0 Å². The molecule has 2 aromatic rings. The van der Waals surface area contributed by atoms with Crippen molar-refractivity contribution < 1.29 is 9.21 Å². The number of aromatic amines is 1. The van der Waals surface area contributed by atoms with Crippen LogP contribution in [0.3, 0.4) is 0 Å². The van der Waals surface area contributed by atoms with Gasteiger partial charge in [-0.05, 0) is 41.9 Å². The molecule has 1 aliphatic rings. The Balaban J connectivity index is 1.59. The van der Waals surface area contributed by atoms with Gasteiger partial charge in [0.05, 0.1) is 5.52 Å². The Morgan fingerprint density at radius 2 is 2.14 bits per heavy atom. The van der Waals surface area contributed by atoms with Gasteiger partial charge in [-0.15, -0.1) is 0 Å². The predicted molar refractivity (Wildman–Crippen MR) is 85.5 cm³/mol. The van der Waals surface area contributed by atoms with Crippen molar-refractivity contribution in [2.75, 3.05) is 33.2 Å². The molecule has 3 rings (SSSR count). The third-order valence-corrected chi connectivity index (χ3v) is 4.44. The average molecular weight is 354 g/mol. The normalized spacial score (nSPS) is 16.5. The van der Waals surface area contributed by atoms with Crippen molar-refractivity contribution in [2.24, 2.45) is 0 Å². The lowest BCUT2D eigenvalue weighted by Crippen LogP contribution is -2.38. The first-order valence-corrected chi connectivity index (χ1v) is 8.18. The van der Waals surface area contributed by atoms with E-state index in [1.54, 1.807) is 11.0 Å². The molecule has 6 heteroatoms. The zero-order chi connectivity index (χ0) is 14.8. The molecular formula is C15H20BrN3O2. The lowest BCUT2D eigenvalue weighted by Gasteiger charge is -2.28. The number of carbonyl (C=O) groups excluding carboxylic acids is 1. The van der Waals surface area contributed by atoms with Gasteiger partial charge < -0.3 is 19.2 Å². The van der Waals surface area contributed by atoms with E-state index in [1.807, 2.05) is 13.1 Å². The first-order chi connectivity index (χ1) is 10.1. The van der Waals surface area contributed by atoms with E-state index in [2.05, 4.69) is 25.8 Å². The quantitative estimate of drug-likeness (QED) is 0.918. The molecule has 0 bridgehead atoms. The Bertz CT molecular complexity index is 596. The number of halogens is 1. The average Bonchev–Trinajstić information content (AvgIpc) is 3.02. The van der Waals surface area contributed by atoms with Gasteiger partial charge in [0.25, 0.3) is 5.91 Å². The largest absolute Gasteiger partial charge is 0.448 e. The maximum atomic E-state index is 12.4. The highest BCUT2D eigenvalue weighted by molar-refractivity contribution is 9.10. The van der Waals surface area contributed by atoms with Gasteiger partial charge in [-0.1, -0.05) is 6.42 Å². The van der Waals surface area contributed by atoms with Crippen LogP contribution in [0.1, 0.15) is 29.8 Å². The highest BCUT2D eigenvalue weighted by Gasteiger charge is 2.17. The molecular weight excluding hydrogens is 334 g/mol. The standard InChI is InChI=1S/C15H20BrN3O2/c1-18(7-8-19-5-3-2-4-6-19)15(20)12-9-13-11(17-12)10-14(16)21-13/h9-10,17H,2-8H2,1H3. The van der Waals surface area contributed by atoms with Crippen LogP contribution in [-0.4, -0.2) is 53.9 Å². The summed E-state index contributed by atoms with van der Waals surface area (Å²) in [6.45, 7) is 4.02. The Morgan fingerprint density at radius 1 is 1.38 bits per heavy atom. The smallest absolute Gasteiger partial charge is 0.270 e. The van der Waals surface area contributed by atoms with Crippen LogP contribution < -0.4 is 0 Å². The molecule has 2 aromatic heterocycles. The fourth-order valence-corrected chi connectivity index (χ4v) is 3.19. The minimum atomic E-state index is 0.00883. The highest BCUT2D eigenvalue weighted by atomic mass is 79.9. The lowest BCUT2D eigenvalue weighted by atomic mass is 10.1. The van der Waals surface area contributed by atoms with Crippen LogP contribution in [0.4, 0.5) is 0 Å². The van der Waals surface area contributed by atoms with Crippen molar-refractivity contribution in [2.45, 2.75) is 19.3 Å². The molecule has 1 amide bonds. The number of rotatable bonds is 4. The van der Waals surface area contributed by atoms with Gasteiger partial charge >= 0.3 is 0 Å². The van der Waals surface area contributed by atoms with Gasteiger partial charge in [0.15, 0.2) is 10.3 Å². The summed E-state index contributed by atoms with van der Waals surface area (Å²) < 4.78 is 6.11. The Morgan fingerprint density at radius 3 is 2.86 bits per heavy atom. The maximum Gasteiger partial charge on any atom is 0.270 e. The number of fused-ring (bicyclic) bond motifs is 1. The van der Waals surface area contributed by atoms with Gasteiger partial charge in [-0.25, -0.2) is 0 Å². The molecule has 0 aliphatic carbocycles. The van der Waals surface area contributed by atoms with Crippen LogP contribution in [0.15, 0.2) is 21.2 Å². The number of furan rings is 1. The van der Waals surface area contributed by atoms with E-state index in [0.717, 1.165) is 31.7 Å². The maximum absolute atomic E-state index is 12.4. The van der Waals surface area contributed by atoms with Gasteiger partial charge in [0.1, 0.15) is 5.69 Å². The summed E-state index contributed by atoms with van der Waals surface area (Å²) in [6, 6.07) is 3.60. The molecule has 0 saturated carbocycles. The molecule has 0 unspecified atom stereocenters. The summed E-state index contributed by atoms with van der Waals surface area (Å²) >= 11 is 3.28. The Kier molecular flexibility index (Phi) is 4.35. The molecule has 0 atom stereocenters. The molecule has 1 N–H and O–H groups in total. The number of carbonyl (C=O) groups is 1. The van der Waals surface area contributed by atoms with Crippen LogP contribution in [0.5, 0.6) is 0 Å². The Hall–Kier alpha value is -1.27. The summed E-state index contributed by atoms with van der Waals surface area (Å²) in [6.07, 6.45) is 3.89. The number of likely N-dealkylation sites (N-methyl/N-ethyl adjacent to an activating group) is 1. The first kappa shape index (κ1) is 14.7. The minimum Gasteiger partial charge on any atom is -0.448 e. The predicted octanol–water partition coefficient (Wildman–Crippen LogP) is 3.08. The Labute approximate surface area is 132 Å². The van der Waals surface area contributed by atoms with Gasteiger partial charge in [-0.3, -0.25) is 4.79 Å². The lowest BCUT2D eigenvalue weighted by molar-refractivity contribution is 0.0768. The van der Waals surface area contributed by atoms with Crippen LogP contribution in [0.2, 0.25) is 0 Å². The topological polar surface area (TPSA) is 52.5 Å². The molecule has 1 aliphatic heterocycles. The number of hydrogen-bond acceptors (Lipinski definition) is 3. The van der Waals surface area contributed by atoms with E-state index in [1.165, 1.54) is 19.3 Å². The second kappa shape index (κ2) is 6.23. The molecule has 1 saturated heterocycles. The molecule has 1 fully saturated rings. The number of amides is 1. The van der Waals surface area contributed by atoms with Crippen molar-refractivity contribution in [1.82, 2.24) is 14.8 Å². The monoisotopic (exact) mass is 353 g/mol. The first-order valence-electron chi connectivity index (χ1n) is 7.39. The summed E-state index contributed by atoms with van der Waals surface area (Å²) in [4.78, 5) is 19.7. The van der Waals surface area contributed by atoms with E-state index in [0.29, 0.717) is 15.9 Å². The summed E-state index contributed by atoms with van der Waals surface area (Å²) in [5.41, 5.74) is 2.13. The number of likely N-dealkylation sites (tertiary alicyclic amines) is 1. The SMILES string of the molecule is CN(CCN1CCCCC1)C(=O)c1cc2oc(Br)cc2[nH]1. The van der Waals surface area contributed by atoms with Crippen LogP contribution >= 0.6 is 15.9 Å². The fourth-order valence-electron chi connectivity index (χ4n) is 2.79. The van der Waals surface area contributed by atoms with Crippen molar-refractivity contribution in [3.63, 3.8) is 0 Å². The van der Waals surface area contributed by atoms with Crippen molar-refractivity contribution in [1.29, 1.82) is 0 Å². The molecule has 3 heterocycles. The number of nitrogens with one attached hydrogen (secondary N) is 1. The third kappa shape index (κ3) is 3.32. The molecule has 0 aromatic carbocycles. The molecule has 0 spiro atoms. The molecule has 21 heavy (non-hydrogen) atoms. The van der Waals surface area contributed by atoms with E-state index in [4.69, 9.17) is 4.42 Å². The third-order valence-electron chi connectivity index (χ3n) is 4.05. The van der Waals surface area contributed by atoms with E-state index >= 15 is 0 Å². The summed E-state index contributed by atoms with van der Waals surface area (Å²) in [5, 5.41) is 0. The number of hydrogen-bond donors (Lipinski definition) is 1. The second-order valence-electron chi connectivity index (χ2n) is 5.64. The highest BCUT2D eigenvalue weighted by Crippen LogP contribution is 2.24. The zero-order valence-corrected chi connectivity index (χ0v) is 13.8. The van der Waals surface area contributed by atoms with Crippen LogP contribution in [0.25, 0.3) is 11.1 Å². The van der Waals surface area contributed by atoms with Gasteiger partial charge in [-0.2, -0.15) is 0 Å². The molecule has 5 nitrogen and oxygen atoms in total. The van der Waals surface area contributed by atoms with Crippen LogP contribution in [-0.2, 0) is 0 Å². The summed E-state index contributed by atoms with van der Waals surface area (Å²) in [7, 11) is 1.85. The number of aromatic nitrogens is 1. The summed E-state index contributed by atoms with van der Waals surface area (Å²) in [5.74, 6) is 0.00883. The molecule has 114 valence electrons. The van der Waals surface area contributed by atoms with E-state index in [9.17, 15) is 4.79 Å².